The number of benzene rings is 1. The van der Waals surface area contributed by atoms with Gasteiger partial charge in [0.05, 0.1) is 0 Å². The number of hydrogen-bond acceptors (Lipinski definition) is 3. The molecule has 3 amide bonds. The number of hydrogen-bond donors (Lipinski definition) is 2. The minimum absolute atomic E-state index is 0.0505. The summed E-state index contributed by atoms with van der Waals surface area (Å²) in [6, 6.07) is 5.65. The Morgan fingerprint density at radius 2 is 1.88 bits per heavy atom. The molecule has 6 heteroatoms. The van der Waals surface area contributed by atoms with Crippen molar-refractivity contribution in [2.45, 2.75) is 38.6 Å². The van der Waals surface area contributed by atoms with Crippen molar-refractivity contribution in [3.8, 4) is 0 Å². The number of nitrogens with zero attached hydrogens (tertiary/aromatic N) is 1. The van der Waals surface area contributed by atoms with E-state index >= 15 is 0 Å². The lowest BCUT2D eigenvalue weighted by molar-refractivity contribution is 0.0772. The van der Waals surface area contributed by atoms with Crippen LogP contribution in [0.3, 0.4) is 0 Å². The number of urea groups is 1. The molecule has 1 saturated carbocycles. The number of thioether (sulfide) groups is 1. The van der Waals surface area contributed by atoms with Crippen molar-refractivity contribution >= 4 is 29.4 Å². The second-order valence-electron chi connectivity index (χ2n) is 6.51. The first-order valence-corrected chi connectivity index (χ1v) is 9.84. The van der Waals surface area contributed by atoms with E-state index in [-0.39, 0.29) is 18.0 Å². The third-order valence-electron chi connectivity index (χ3n) is 4.72. The molecule has 1 aromatic carbocycles. The van der Waals surface area contributed by atoms with Gasteiger partial charge in [0.2, 0.25) is 0 Å². The maximum absolute atomic E-state index is 12.6. The number of aryl methyl sites for hydroxylation is 1. The Balaban J connectivity index is 1.66. The Morgan fingerprint density at radius 3 is 2.58 bits per heavy atom. The number of nitrogens with one attached hydrogen (secondary N) is 2. The summed E-state index contributed by atoms with van der Waals surface area (Å²) in [5.41, 5.74) is 2.31. The lowest BCUT2D eigenvalue weighted by atomic mass is 10.1. The summed E-state index contributed by atoms with van der Waals surface area (Å²) in [6.07, 6.45) is 4.47. The van der Waals surface area contributed by atoms with Gasteiger partial charge in [-0.05, 0) is 37.5 Å². The standard InChI is InChI=1S/C18H25N3O2S/c1-13-6-7-14(17(22)21-8-10-24-11-9-21)12-16(13)20-18(23)19-15-4-2-3-5-15/h6-7,12,15H,2-5,8-11H2,1H3,(H2,19,20,23). The maximum Gasteiger partial charge on any atom is 0.319 e. The fourth-order valence-electron chi connectivity index (χ4n) is 3.25. The summed E-state index contributed by atoms with van der Waals surface area (Å²) < 4.78 is 0. The van der Waals surface area contributed by atoms with Crippen LogP contribution in [0.25, 0.3) is 0 Å². The lowest BCUT2D eigenvalue weighted by Crippen LogP contribution is -2.38. The zero-order chi connectivity index (χ0) is 16.9. The highest BCUT2D eigenvalue weighted by Gasteiger charge is 2.20. The summed E-state index contributed by atoms with van der Waals surface area (Å²) in [6.45, 7) is 3.53. The molecule has 0 spiro atoms. The molecule has 0 bridgehead atoms. The van der Waals surface area contributed by atoms with Gasteiger partial charge in [-0.15, -0.1) is 0 Å². The third kappa shape index (κ3) is 4.23. The molecule has 2 aliphatic rings. The van der Waals surface area contributed by atoms with E-state index in [1.54, 1.807) is 6.07 Å². The summed E-state index contributed by atoms with van der Waals surface area (Å²) in [5.74, 6) is 2.04. The van der Waals surface area contributed by atoms with Crippen LogP contribution in [0, 0.1) is 6.92 Å². The lowest BCUT2D eigenvalue weighted by Gasteiger charge is -2.26. The number of anilines is 1. The van der Waals surface area contributed by atoms with E-state index in [4.69, 9.17) is 0 Å². The topological polar surface area (TPSA) is 61.4 Å². The molecule has 1 aliphatic heterocycles. The molecule has 0 radical (unpaired) electrons. The van der Waals surface area contributed by atoms with Crippen LogP contribution in [0.2, 0.25) is 0 Å². The summed E-state index contributed by atoms with van der Waals surface area (Å²) in [7, 11) is 0. The second-order valence-corrected chi connectivity index (χ2v) is 7.74. The Morgan fingerprint density at radius 1 is 1.17 bits per heavy atom. The molecule has 2 N–H and O–H groups in total. The smallest absolute Gasteiger partial charge is 0.319 e. The second kappa shape index (κ2) is 7.92. The highest BCUT2D eigenvalue weighted by Crippen LogP contribution is 2.21. The predicted octanol–water partition coefficient (Wildman–Crippen LogP) is 3.25. The minimum atomic E-state index is -0.177. The van der Waals surface area contributed by atoms with Crippen molar-refractivity contribution < 1.29 is 9.59 Å². The van der Waals surface area contributed by atoms with Crippen LogP contribution in [-0.4, -0.2) is 47.5 Å². The normalized spacial score (nSPS) is 18.5. The molecular formula is C18H25N3O2S. The Bertz CT molecular complexity index is 608. The highest BCUT2D eigenvalue weighted by atomic mass is 32.2. The van der Waals surface area contributed by atoms with Crippen LogP contribution >= 0.6 is 11.8 Å². The zero-order valence-corrected chi connectivity index (χ0v) is 15.0. The average Bonchev–Trinajstić information content (AvgIpc) is 3.10. The van der Waals surface area contributed by atoms with Gasteiger partial charge in [0.15, 0.2) is 0 Å². The van der Waals surface area contributed by atoms with Gasteiger partial charge >= 0.3 is 6.03 Å². The van der Waals surface area contributed by atoms with Gasteiger partial charge in [0.25, 0.3) is 5.91 Å². The number of amides is 3. The van der Waals surface area contributed by atoms with Gasteiger partial charge in [-0.25, -0.2) is 4.79 Å². The van der Waals surface area contributed by atoms with Crippen LogP contribution in [0.4, 0.5) is 10.5 Å². The van der Waals surface area contributed by atoms with Gasteiger partial charge in [-0.1, -0.05) is 18.9 Å². The largest absolute Gasteiger partial charge is 0.337 e. The van der Waals surface area contributed by atoms with Crippen molar-refractivity contribution in [1.29, 1.82) is 0 Å². The molecule has 0 atom stereocenters. The zero-order valence-electron chi connectivity index (χ0n) is 14.1. The molecule has 0 unspecified atom stereocenters. The predicted molar refractivity (Wildman–Crippen MR) is 98.8 cm³/mol. The van der Waals surface area contributed by atoms with Crippen LogP contribution < -0.4 is 10.6 Å². The molecule has 3 rings (SSSR count). The first-order chi connectivity index (χ1) is 11.6. The minimum Gasteiger partial charge on any atom is -0.337 e. The Labute approximate surface area is 147 Å². The van der Waals surface area contributed by atoms with Gasteiger partial charge in [0, 0.05) is 41.9 Å². The van der Waals surface area contributed by atoms with Crippen LogP contribution in [0.1, 0.15) is 41.6 Å². The fourth-order valence-corrected chi connectivity index (χ4v) is 4.16. The van der Waals surface area contributed by atoms with Crippen molar-refractivity contribution in [2.75, 3.05) is 29.9 Å². The van der Waals surface area contributed by atoms with Gasteiger partial charge in [0.1, 0.15) is 0 Å². The van der Waals surface area contributed by atoms with Crippen LogP contribution in [0.5, 0.6) is 0 Å². The third-order valence-corrected chi connectivity index (χ3v) is 5.66. The summed E-state index contributed by atoms with van der Waals surface area (Å²) in [5, 5.41) is 5.93. The molecule has 1 saturated heterocycles. The average molecular weight is 347 g/mol. The van der Waals surface area contributed by atoms with Crippen molar-refractivity contribution in [2.24, 2.45) is 0 Å². The SMILES string of the molecule is Cc1ccc(C(=O)N2CCSCC2)cc1NC(=O)NC1CCCC1. The van der Waals surface area contributed by atoms with Crippen LogP contribution in [0.15, 0.2) is 18.2 Å². The molecule has 1 heterocycles. The molecular weight excluding hydrogens is 322 g/mol. The van der Waals surface area contributed by atoms with Crippen molar-refractivity contribution in [3.05, 3.63) is 29.3 Å². The number of carbonyl (C=O) groups is 2. The van der Waals surface area contributed by atoms with E-state index in [1.165, 1.54) is 12.8 Å². The number of carbonyl (C=O) groups excluding carboxylic acids is 2. The molecule has 1 aromatic rings. The monoisotopic (exact) mass is 347 g/mol. The molecule has 0 aromatic heterocycles. The first kappa shape index (κ1) is 17.1. The van der Waals surface area contributed by atoms with Gasteiger partial charge < -0.3 is 15.5 Å². The number of rotatable bonds is 3. The van der Waals surface area contributed by atoms with Gasteiger partial charge in [-0.3, -0.25) is 4.79 Å². The summed E-state index contributed by atoms with van der Waals surface area (Å²) in [4.78, 5) is 26.7. The van der Waals surface area contributed by atoms with Crippen molar-refractivity contribution in [1.82, 2.24) is 10.2 Å². The van der Waals surface area contributed by atoms with E-state index in [0.29, 0.717) is 11.3 Å². The molecule has 1 aliphatic carbocycles. The highest BCUT2D eigenvalue weighted by molar-refractivity contribution is 7.99. The molecule has 2 fully saturated rings. The Hall–Kier alpha value is -1.69. The fraction of sp³-hybridized carbons (Fsp3) is 0.556. The molecule has 5 nitrogen and oxygen atoms in total. The van der Waals surface area contributed by atoms with E-state index in [0.717, 1.165) is 43.0 Å². The van der Waals surface area contributed by atoms with Crippen LogP contribution in [-0.2, 0) is 0 Å². The quantitative estimate of drug-likeness (QED) is 0.882. The van der Waals surface area contributed by atoms with E-state index in [2.05, 4.69) is 10.6 Å². The van der Waals surface area contributed by atoms with E-state index < -0.39 is 0 Å². The molecule has 24 heavy (non-hydrogen) atoms. The Kier molecular flexibility index (Phi) is 5.66. The van der Waals surface area contributed by atoms with E-state index in [9.17, 15) is 9.59 Å². The summed E-state index contributed by atoms with van der Waals surface area (Å²) >= 11 is 1.88. The maximum atomic E-state index is 12.6. The first-order valence-electron chi connectivity index (χ1n) is 8.68. The molecule has 130 valence electrons. The van der Waals surface area contributed by atoms with E-state index in [1.807, 2.05) is 35.7 Å². The van der Waals surface area contributed by atoms with Gasteiger partial charge in [-0.2, -0.15) is 11.8 Å². The van der Waals surface area contributed by atoms with Crippen molar-refractivity contribution in [3.63, 3.8) is 0 Å².